The van der Waals surface area contributed by atoms with Crippen LogP contribution in [0.1, 0.15) is 6.92 Å². The van der Waals surface area contributed by atoms with E-state index in [0.717, 1.165) is 16.2 Å². The van der Waals surface area contributed by atoms with Crippen molar-refractivity contribution in [2.75, 3.05) is 12.4 Å². The molecule has 0 unspecified atom stereocenters. The minimum absolute atomic E-state index is 0.195. The van der Waals surface area contributed by atoms with E-state index in [4.69, 9.17) is 4.74 Å². The van der Waals surface area contributed by atoms with Crippen molar-refractivity contribution in [1.82, 2.24) is 4.98 Å². The van der Waals surface area contributed by atoms with E-state index in [2.05, 4.69) is 9.97 Å². The predicted molar refractivity (Wildman–Crippen MR) is 62.2 cm³/mol. The second-order valence-electron chi connectivity index (χ2n) is 3.22. The van der Waals surface area contributed by atoms with Crippen LogP contribution in [0.25, 0.3) is 11.0 Å². The molecule has 1 aromatic heterocycles. The number of hydrogen-bond donors (Lipinski definition) is 1. The molecule has 5 heteroatoms. The Hall–Kier alpha value is -1.49. The summed E-state index contributed by atoms with van der Waals surface area (Å²) in [5.41, 5.74) is 2.07. The quantitative estimate of drug-likeness (QED) is 0.649. The largest absolute Gasteiger partial charge is 0.465 e. The van der Waals surface area contributed by atoms with Crippen molar-refractivity contribution >= 4 is 28.8 Å². The van der Waals surface area contributed by atoms with Gasteiger partial charge in [0.25, 0.3) is 0 Å². The number of hydrogen-bond acceptors (Lipinski definition) is 3. The number of fused-ring (bicyclic) bond motifs is 1. The van der Waals surface area contributed by atoms with Gasteiger partial charge in [-0.25, -0.2) is 9.97 Å². The molecule has 2 N–H and O–H groups in total. The van der Waals surface area contributed by atoms with Crippen LogP contribution in [0.2, 0.25) is 0 Å². The predicted octanol–water partition coefficient (Wildman–Crippen LogP) is 1.64. The summed E-state index contributed by atoms with van der Waals surface area (Å²) in [6.45, 7) is 2.23. The standard InChI is InChI=1S/C11H12N2O2S/c1-2-15-10(14)7-16-11-12-8-5-3-4-6-9(8)13-11/h3-6H,2,7H2,1H3,(H,12,13)/p+1. The van der Waals surface area contributed by atoms with Crippen LogP contribution in [0.3, 0.4) is 0 Å². The summed E-state index contributed by atoms with van der Waals surface area (Å²) in [4.78, 5) is 17.5. The highest BCUT2D eigenvalue weighted by Gasteiger charge is 2.12. The molecule has 16 heavy (non-hydrogen) atoms. The molecule has 2 rings (SSSR count). The number of carbonyl (C=O) groups excluding carboxylic acids is 1. The van der Waals surface area contributed by atoms with Crippen molar-refractivity contribution in [2.45, 2.75) is 12.1 Å². The van der Waals surface area contributed by atoms with Crippen LogP contribution < -0.4 is 4.98 Å². The number of para-hydroxylation sites is 2. The van der Waals surface area contributed by atoms with E-state index in [0.29, 0.717) is 12.4 Å². The van der Waals surface area contributed by atoms with Crippen molar-refractivity contribution in [1.29, 1.82) is 0 Å². The Morgan fingerprint density at radius 3 is 3.06 bits per heavy atom. The molecular weight excluding hydrogens is 224 g/mol. The number of aromatic amines is 2. The molecule has 4 nitrogen and oxygen atoms in total. The monoisotopic (exact) mass is 237 g/mol. The molecule has 0 aliphatic heterocycles. The second-order valence-corrected chi connectivity index (χ2v) is 4.20. The lowest BCUT2D eigenvalue weighted by atomic mass is 10.3. The summed E-state index contributed by atoms with van der Waals surface area (Å²) in [5, 5.41) is 0.870. The van der Waals surface area contributed by atoms with Gasteiger partial charge in [-0.3, -0.25) is 4.79 Å². The zero-order valence-corrected chi connectivity index (χ0v) is 9.76. The van der Waals surface area contributed by atoms with Gasteiger partial charge in [-0.15, -0.1) is 0 Å². The number of thioether (sulfide) groups is 1. The molecule has 0 aliphatic carbocycles. The fourth-order valence-corrected chi connectivity index (χ4v) is 2.09. The van der Waals surface area contributed by atoms with Gasteiger partial charge < -0.3 is 4.74 Å². The topological polar surface area (TPSA) is 56.2 Å². The molecule has 0 spiro atoms. The molecule has 2 aromatic rings. The Kier molecular flexibility index (Phi) is 3.46. The van der Waals surface area contributed by atoms with E-state index >= 15 is 0 Å². The molecule has 0 bridgehead atoms. The second kappa shape index (κ2) is 5.03. The van der Waals surface area contributed by atoms with Gasteiger partial charge in [-0.05, 0) is 30.8 Å². The first-order valence-corrected chi connectivity index (χ1v) is 6.06. The zero-order valence-electron chi connectivity index (χ0n) is 8.95. The van der Waals surface area contributed by atoms with Gasteiger partial charge in [0.15, 0.2) is 11.0 Å². The molecule has 0 atom stereocenters. The highest BCUT2D eigenvalue weighted by molar-refractivity contribution is 7.99. The van der Waals surface area contributed by atoms with Gasteiger partial charge in [0.1, 0.15) is 5.75 Å². The summed E-state index contributed by atoms with van der Waals surface area (Å²) in [6.07, 6.45) is 0. The van der Waals surface area contributed by atoms with Gasteiger partial charge in [0, 0.05) is 0 Å². The third-order valence-corrected chi connectivity index (χ3v) is 2.94. The van der Waals surface area contributed by atoms with Crippen molar-refractivity contribution in [3.05, 3.63) is 24.3 Å². The number of ether oxygens (including phenoxy) is 1. The average Bonchev–Trinajstić information content (AvgIpc) is 2.69. The van der Waals surface area contributed by atoms with Crippen LogP contribution in [-0.2, 0) is 9.53 Å². The molecule has 0 saturated heterocycles. The molecule has 0 fully saturated rings. The minimum atomic E-state index is -0.195. The summed E-state index contributed by atoms with van der Waals surface area (Å²) in [7, 11) is 0. The van der Waals surface area contributed by atoms with Crippen molar-refractivity contribution < 1.29 is 14.5 Å². The number of imidazole rings is 1. The first-order valence-electron chi connectivity index (χ1n) is 5.08. The number of aromatic nitrogens is 2. The van der Waals surface area contributed by atoms with Crippen LogP contribution in [0.4, 0.5) is 0 Å². The molecule has 0 aliphatic rings. The maximum Gasteiger partial charge on any atom is 0.316 e. The number of benzene rings is 1. The molecule has 0 radical (unpaired) electrons. The lowest BCUT2D eigenvalue weighted by Gasteiger charge is -1.96. The van der Waals surface area contributed by atoms with Crippen molar-refractivity contribution in [2.24, 2.45) is 0 Å². The number of H-pyrrole nitrogens is 2. The minimum Gasteiger partial charge on any atom is -0.465 e. The van der Waals surface area contributed by atoms with E-state index in [1.165, 1.54) is 11.8 Å². The summed E-state index contributed by atoms with van der Waals surface area (Å²) in [5.74, 6) is 0.122. The summed E-state index contributed by atoms with van der Waals surface area (Å²) in [6, 6.07) is 7.90. The van der Waals surface area contributed by atoms with Gasteiger partial charge in [0.2, 0.25) is 0 Å². The van der Waals surface area contributed by atoms with E-state index < -0.39 is 0 Å². The van der Waals surface area contributed by atoms with Crippen molar-refractivity contribution in [3.8, 4) is 0 Å². The molecular formula is C11H13N2O2S+. The van der Waals surface area contributed by atoms with Crippen LogP contribution >= 0.6 is 11.8 Å². The maximum atomic E-state index is 11.2. The zero-order chi connectivity index (χ0) is 11.4. The Bertz CT molecular complexity index is 462. The number of carbonyl (C=O) groups is 1. The molecule has 0 saturated carbocycles. The highest BCUT2D eigenvalue weighted by Crippen LogP contribution is 2.15. The lowest BCUT2D eigenvalue weighted by Crippen LogP contribution is -2.09. The van der Waals surface area contributed by atoms with Gasteiger partial charge in [-0.1, -0.05) is 12.1 Å². The smallest absolute Gasteiger partial charge is 0.316 e. The Balaban J connectivity index is 2.02. The molecule has 0 amide bonds. The number of nitrogens with one attached hydrogen (secondary N) is 2. The fourth-order valence-electron chi connectivity index (χ4n) is 1.38. The van der Waals surface area contributed by atoms with Crippen molar-refractivity contribution in [3.63, 3.8) is 0 Å². The van der Waals surface area contributed by atoms with E-state index in [-0.39, 0.29) is 5.97 Å². The van der Waals surface area contributed by atoms with Gasteiger partial charge in [-0.2, -0.15) is 0 Å². The molecule has 84 valence electrons. The first kappa shape index (κ1) is 11.0. The van der Waals surface area contributed by atoms with E-state index in [9.17, 15) is 4.79 Å². The molecule has 1 aromatic carbocycles. The molecule has 1 heterocycles. The van der Waals surface area contributed by atoms with Crippen LogP contribution in [0, 0.1) is 0 Å². The SMILES string of the molecule is CCOC(=O)CSc1[nH]c2ccccc2[nH+]1. The average molecular weight is 237 g/mol. The lowest BCUT2D eigenvalue weighted by molar-refractivity contribution is -0.396. The van der Waals surface area contributed by atoms with Crippen LogP contribution in [0.5, 0.6) is 0 Å². The Morgan fingerprint density at radius 1 is 1.50 bits per heavy atom. The first-order chi connectivity index (χ1) is 7.79. The van der Waals surface area contributed by atoms with Gasteiger partial charge in [0.05, 0.1) is 6.61 Å². The van der Waals surface area contributed by atoms with Crippen LogP contribution in [-0.4, -0.2) is 23.3 Å². The maximum absolute atomic E-state index is 11.2. The Morgan fingerprint density at radius 2 is 2.31 bits per heavy atom. The van der Waals surface area contributed by atoms with Gasteiger partial charge >= 0.3 is 11.1 Å². The normalized spacial score (nSPS) is 10.6. The number of rotatable bonds is 4. The summed E-state index contributed by atoms with van der Waals surface area (Å²) >= 11 is 1.41. The van der Waals surface area contributed by atoms with Crippen LogP contribution in [0.15, 0.2) is 29.4 Å². The van der Waals surface area contributed by atoms with E-state index in [1.807, 2.05) is 24.3 Å². The highest BCUT2D eigenvalue weighted by atomic mass is 32.2. The number of esters is 1. The Labute approximate surface area is 97.4 Å². The third-order valence-electron chi connectivity index (χ3n) is 2.06. The fraction of sp³-hybridized carbons (Fsp3) is 0.273. The summed E-state index contributed by atoms with van der Waals surface area (Å²) < 4.78 is 4.85. The third kappa shape index (κ3) is 2.55. The van der Waals surface area contributed by atoms with E-state index in [1.54, 1.807) is 6.92 Å².